The highest BCUT2D eigenvalue weighted by atomic mass is 16.6. The molecule has 0 unspecified atom stereocenters. The van der Waals surface area contributed by atoms with E-state index in [2.05, 4.69) is 34.3 Å². The largest absolute Gasteiger partial charge is 0.465 e. The number of carbonyl (C=O) groups is 4. The summed E-state index contributed by atoms with van der Waals surface area (Å²) in [5.74, 6) is -1.62. The molecule has 0 aliphatic rings. The summed E-state index contributed by atoms with van der Waals surface area (Å²) in [7, 11) is 7.94. The van der Waals surface area contributed by atoms with E-state index in [4.69, 9.17) is 18.9 Å². The summed E-state index contributed by atoms with van der Waals surface area (Å²) in [6, 6.07) is 0. The molecular formula is C47H92N4O8. The van der Waals surface area contributed by atoms with Gasteiger partial charge >= 0.3 is 23.9 Å². The molecule has 0 aliphatic carbocycles. The van der Waals surface area contributed by atoms with E-state index < -0.39 is 17.4 Å². The first-order chi connectivity index (χ1) is 28.5. The molecule has 348 valence electrons. The molecule has 0 saturated carbocycles. The van der Waals surface area contributed by atoms with Gasteiger partial charge in [0.05, 0.1) is 12.8 Å². The van der Waals surface area contributed by atoms with Crippen LogP contribution in [0, 0.1) is 5.41 Å². The molecular weight excluding hydrogens is 749 g/mol. The Morgan fingerprint density at radius 1 is 0.373 bits per heavy atom. The van der Waals surface area contributed by atoms with Crippen LogP contribution in [0.1, 0.15) is 181 Å². The van der Waals surface area contributed by atoms with Gasteiger partial charge < -0.3 is 39.4 Å². The van der Waals surface area contributed by atoms with Crippen molar-refractivity contribution in [2.75, 3.05) is 93.9 Å². The fraction of sp³-hybridized carbons (Fsp3) is 0.915. The zero-order valence-corrected chi connectivity index (χ0v) is 39.1. The van der Waals surface area contributed by atoms with E-state index in [0.29, 0.717) is 13.1 Å². The first-order valence-electron chi connectivity index (χ1n) is 23.9. The van der Waals surface area contributed by atoms with E-state index >= 15 is 0 Å². The molecule has 2 N–H and O–H groups in total. The van der Waals surface area contributed by atoms with Crippen LogP contribution >= 0.6 is 0 Å². The minimum atomic E-state index is -1.25. The number of esters is 4. The van der Waals surface area contributed by atoms with Crippen molar-refractivity contribution in [1.82, 2.24) is 20.4 Å². The average molecular weight is 841 g/mol. The SMILES string of the molecule is CCCCCCCCCCCCCC(=O)OCC(COC(=O)CCCCCCCCCCCCC)(COC(=O)CCNCCN(C)C)COC(=O)CCNCCN(C)C. The predicted molar refractivity (Wildman–Crippen MR) is 241 cm³/mol. The van der Waals surface area contributed by atoms with Gasteiger partial charge in [-0.05, 0) is 41.0 Å². The third-order valence-corrected chi connectivity index (χ3v) is 10.6. The molecule has 0 atom stereocenters. The summed E-state index contributed by atoms with van der Waals surface area (Å²) in [4.78, 5) is 56.0. The van der Waals surface area contributed by atoms with Gasteiger partial charge in [-0.1, -0.05) is 142 Å². The van der Waals surface area contributed by atoms with Gasteiger partial charge in [0.15, 0.2) is 0 Å². The summed E-state index contributed by atoms with van der Waals surface area (Å²) in [6.07, 6.45) is 26.7. The summed E-state index contributed by atoms with van der Waals surface area (Å²) < 4.78 is 23.1. The molecule has 0 rings (SSSR count). The van der Waals surface area contributed by atoms with E-state index in [1.807, 2.05) is 28.2 Å². The van der Waals surface area contributed by atoms with Gasteiger partial charge in [-0.15, -0.1) is 0 Å². The molecule has 0 aliphatic heterocycles. The normalized spacial score (nSPS) is 11.7. The van der Waals surface area contributed by atoms with Crippen LogP contribution in [0.25, 0.3) is 0 Å². The minimum absolute atomic E-state index is 0.138. The smallest absolute Gasteiger partial charge is 0.307 e. The molecule has 0 fully saturated rings. The number of hydrogen-bond donors (Lipinski definition) is 2. The molecule has 12 nitrogen and oxygen atoms in total. The highest BCUT2D eigenvalue weighted by molar-refractivity contribution is 5.71. The van der Waals surface area contributed by atoms with Crippen molar-refractivity contribution in [3.63, 3.8) is 0 Å². The van der Waals surface area contributed by atoms with Crippen molar-refractivity contribution in [2.24, 2.45) is 5.41 Å². The standard InChI is InChI=1S/C47H92N4O8/c1-7-9-11-13-15-17-19-21-23-25-27-29-43(52)56-39-47(41-58-45(54)31-33-48-35-37-50(3)4,42-59-46(55)32-34-49-36-38-51(5)6)40-57-44(53)30-28-26-24-22-20-18-16-14-12-10-8-2/h48-49H,7-42H2,1-6H3. The number of carbonyl (C=O) groups excluding carboxylic acids is 4. The predicted octanol–water partition coefficient (Wildman–Crippen LogP) is 8.63. The molecule has 0 aromatic rings. The quantitative estimate of drug-likeness (QED) is 0.0346. The van der Waals surface area contributed by atoms with Crippen LogP contribution in [0.5, 0.6) is 0 Å². The second kappa shape index (κ2) is 41.1. The molecule has 0 heterocycles. The van der Waals surface area contributed by atoms with Gasteiger partial charge in [0.25, 0.3) is 0 Å². The number of ether oxygens (including phenoxy) is 4. The maximum atomic E-state index is 13.0. The topological polar surface area (TPSA) is 136 Å². The van der Waals surface area contributed by atoms with Gasteiger partial charge in [0.2, 0.25) is 0 Å². The van der Waals surface area contributed by atoms with Gasteiger partial charge in [-0.25, -0.2) is 0 Å². The van der Waals surface area contributed by atoms with Crippen molar-refractivity contribution in [2.45, 2.75) is 181 Å². The summed E-state index contributed by atoms with van der Waals surface area (Å²) in [6.45, 7) is 7.62. The Hall–Kier alpha value is -2.28. The Labute approximate surface area is 361 Å². The zero-order chi connectivity index (χ0) is 43.7. The number of rotatable bonds is 44. The maximum Gasteiger partial charge on any atom is 0.307 e. The Balaban J connectivity index is 5.37. The van der Waals surface area contributed by atoms with E-state index in [0.717, 1.165) is 64.7 Å². The lowest BCUT2D eigenvalue weighted by molar-refractivity contribution is -0.170. The van der Waals surface area contributed by atoms with Crippen LogP contribution in [0.4, 0.5) is 0 Å². The van der Waals surface area contributed by atoms with Crippen LogP contribution < -0.4 is 10.6 Å². The van der Waals surface area contributed by atoms with Crippen LogP contribution in [0.15, 0.2) is 0 Å². The van der Waals surface area contributed by atoms with Gasteiger partial charge in [-0.2, -0.15) is 0 Å². The molecule has 0 aromatic carbocycles. The lowest BCUT2D eigenvalue weighted by Crippen LogP contribution is -2.44. The number of unbranched alkanes of at least 4 members (excludes halogenated alkanes) is 20. The van der Waals surface area contributed by atoms with Gasteiger partial charge in [-0.3, -0.25) is 19.2 Å². The second-order valence-electron chi connectivity index (χ2n) is 17.3. The molecule has 12 heteroatoms. The Kier molecular flexibility index (Phi) is 39.5. The van der Waals surface area contributed by atoms with Crippen molar-refractivity contribution >= 4 is 23.9 Å². The van der Waals surface area contributed by atoms with Crippen molar-refractivity contribution < 1.29 is 38.1 Å². The Morgan fingerprint density at radius 2 is 0.627 bits per heavy atom. The fourth-order valence-electron chi connectivity index (χ4n) is 6.58. The second-order valence-corrected chi connectivity index (χ2v) is 17.3. The lowest BCUT2D eigenvalue weighted by atomic mass is 9.92. The fourth-order valence-corrected chi connectivity index (χ4v) is 6.58. The monoisotopic (exact) mass is 841 g/mol. The van der Waals surface area contributed by atoms with E-state index in [1.165, 1.54) is 103 Å². The van der Waals surface area contributed by atoms with Crippen molar-refractivity contribution in [3.05, 3.63) is 0 Å². The van der Waals surface area contributed by atoms with Crippen LogP contribution in [0.2, 0.25) is 0 Å². The molecule has 59 heavy (non-hydrogen) atoms. The number of nitrogens with one attached hydrogen (secondary N) is 2. The van der Waals surface area contributed by atoms with Crippen molar-refractivity contribution in [1.29, 1.82) is 0 Å². The third-order valence-electron chi connectivity index (χ3n) is 10.6. The summed E-state index contributed by atoms with van der Waals surface area (Å²) in [5.41, 5.74) is -1.25. The molecule has 0 aromatic heterocycles. The average Bonchev–Trinajstić information content (AvgIpc) is 3.20. The van der Waals surface area contributed by atoms with E-state index in [1.54, 1.807) is 0 Å². The molecule has 0 bridgehead atoms. The van der Waals surface area contributed by atoms with Crippen LogP contribution in [0.3, 0.4) is 0 Å². The Morgan fingerprint density at radius 3 is 0.898 bits per heavy atom. The number of hydrogen-bond acceptors (Lipinski definition) is 12. The first kappa shape index (κ1) is 56.7. The number of nitrogens with zero attached hydrogens (tertiary/aromatic N) is 2. The first-order valence-corrected chi connectivity index (χ1v) is 23.9. The van der Waals surface area contributed by atoms with Gasteiger partial charge in [0, 0.05) is 52.1 Å². The Bertz CT molecular complexity index is 935. The van der Waals surface area contributed by atoms with Gasteiger partial charge in [0.1, 0.15) is 31.8 Å². The lowest BCUT2D eigenvalue weighted by Gasteiger charge is -2.31. The highest BCUT2D eigenvalue weighted by Gasteiger charge is 2.38. The maximum absolute atomic E-state index is 13.0. The molecule has 0 saturated heterocycles. The highest BCUT2D eigenvalue weighted by Crippen LogP contribution is 2.23. The van der Waals surface area contributed by atoms with Crippen molar-refractivity contribution in [3.8, 4) is 0 Å². The summed E-state index contributed by atoms with van der Waals surface area (Å²) >= 11 is 0. The van der Waals surface area contributed by atoms with E-state index in [-0.39, 0.29) is 64.0 Å². The molecule has 0 amide bonds. The molecule has 0 radical (unpaired) electrons. The summed E-state index contributed by atoms with van der Waals surface area (Å²) in [5, 5.41) is 6.47. The zero-order valence-electron chi connectivity index (χ0n) is 39.1. The third kappa shape index (κ3) is 39.6. The molecule has 0 spiro atoms. The van der Waals surface area contributed by atoms with Crippen LogP contribution in [-0.2, 0) is 38.1 Å². The minimum Gasteiger partial charge on any atom is -0.465 e. The van der Waals surface area contributed by atoms with E-state index in [9.17, 15) is 19.2 Å². The van der Waals surface area contributed by atoms with Crippen LogP contribution in [-0.4, -0.2) is 128 Å². The number of likely N-dealkylation sites (N-methyl/N-ethyl adjacent to an activating group) is 2.